The fourth-order valence-electron chi connectivity index (χ4n) is 3.58. The molecule has 0 spiro atoms. The van der Waals surface area contributed by atoms with Crippen molar-refractivity contribution in [1.82, 2.24) is 9.97 Å². The Kier molecular flexibility index (Phi) is 6.74. The van der Waals surface area contributed by atoms with Crippen LogP contribution in [0.25, 0.3) is 44.5 Å². The fraction of sp³-hybridized carbons (Fsp3) is 0.0345. The third kappa shape index (κ3) is 4.77. The molecule has 3 heteroatoms. The first-order valence-corrected chi connectivity index (χ1v) is 10.8. The zero-order valence-corrected chi connectivity index (χ0v) is 18.6. The lowest BCUT2D eigenvalue weighted by molar-refractivity contribution is 1.18. The average molecular weight is 435 g/mol. The van der Waals surface area contributed by atoms with Crippen molar-refractivity contribution in [1.29, 1.82) is 0 Å². The van der Waals surface area contributed by atoms with Gasteiger partial charge in [0.15, 0.2) is 5.82 Å². The largest absolute Gasteiger partial charge is 0.228 e. The Hall–Kier alpha value is -3.75. The Balaban J connectivity index is 0.000000775. The summed E-state index contributed by atoms with van der Waals surface area (Å²) in [5, 5.41) is 2.92. The summed E-state index contributed by atoms with van der Waals surface area (Å²) in [6.07, 6.45) is 1.75. The van der Waals surface area contributed by atoms with Gasteiger partial charge in [-0.25, -0.2) is 9.97 Å². The Morgan fingerprint density at radius 2 is 1.31 bits per heavy atom. The molecule has 0 bridgehead atoms. The standard InChI is InChI=1S/C26H17ClN2.C3H6/c27-25-17-24(20-8-2-1-3-9-20)28-26(29-25)21-15-13-19(14-16-21)23-12-6-10-18-7-4-5-11-22(18)23;1-3-2/h1-17H;3H,1H2,2H3. The van der Waals surface area contributed by atoms with Gasteiger partial charge in [0.1, 0.15) is 5.15 Å². The number of rotatable bonds is 3. The Labute approximate surface area is 193 Å². The van der Waals surface area contributed by atoms with Crippen LogP contribution in [0.3, 0.4) is 0 Å². The summed E-state index contributed by atoms with van der Waals surface area (Å²) in [4.78, 5) is 9.17. The van der Waals surface area contributed by atoms with Crippen LogP contribution in [0.1, 0.15) is 6.92 Å². The summed E-state index contributed by atoms with van der Waals surface area (Å²) in [6, 6.07) is 35.0. The lowest BCUT2D eigenvalue weighted by atomic mass is 9.97. The molecule has 0 aliphatic carbocycles. The second-order valence-electron chi connectivity index (χ2n) is 7.28. The van der Waals surface area contributed by atoms with E-state index in [1.807, 2.05) is 37.3 Å². The highest BCUT2D eigenvalue weighted by Crippen LogP contribution is 2.30. The molecule has 5 rings (SSSR count). The number of hydrogen-bond donors (Lipinski definition) is 0. The van der Waals surface area contributed by atoms with Crippen LogP contribution >= 0.6 is 11.6 Å². The number of benzene rings is 4. The average Bonchev–Trinajstić information content (AvgIpc) is 2.84. The minimum atomic E-state index is 0.437. The van der Waals surface area contributed by atoms with E-state index in [9.17, 15) is 0 Å². The molecule has 4 aromatic carbocycles. The first-order chi connectivity index (χ1) is 15.7. The second-order valence-corrected chi connectivity index (χ2v) is 7.67. The zero-order chi connectivity index (χ0) is 22.3. The third-order valence-electron chi connectivity index (χ3n) is 5.01. The summed E-state index contributed by atoms with van der Waals surface area (Å²) in [5.74, 6) is 0.626. The zero-order valence-electron chi connectivity index (χ0n) is 17.9. The smallest absolute Gasteiger partial charge is 0.161 e. The maximum atomic E-state index is 6.29. The maximum absolute atomic E-state index is 6.29. The van der Waals surface area contributed by atoms with Gasteiger partial charge in [-0.15, -0.1) is 6.58 Å². The van der Waals surface area contributed by atoms with Gasteiger partial charge < -0.3 is 0 Å². The molecule has 0 fully saturated rings. The Bertz CT molecular complexity index is 1340. The SMILES string of the molecule is C=CC.Clc1cc(-c2ccccc2)nc(-c2ccc(-c3cccc4ccccc34)cc2)n1. The van der Waals surface area contributed by atoms with E-state index in [1.54, 1.807) is 12.1 Å². The molecule has 0 saturated heterocycles. The van der Waals surface area contributed by atoms with E-state index in [4.69, 9.17) is 16.6 Å². The highest BCUT2D eigenvalue weighted by molar-refractivity contribution is 6.29. The van der Waals surface area contributed by atoms with Crippen LogP contribution in [-0.2, 0) is 0 Å². The molecule has 5 aromatic rings. The number of aromatic nitrogens is 2. The van der Waals surface area contributed by atoms with E-state index < -0.39 is 0 Å². The van der Waals surface area contributed by atoms with E-state index in [2.05, 4.69) is 78.3 Å². The van der Waals surface area contributed by atoms with E-state index in [0.29, 0.717) is 11.0 Å². The van der Waals surface area contributed by atoms with Gasteiger partial charge in [-0.3, -0.25) is 0 Å². The molecule has 0 N–H and O–H groups in total. The van der Waals surface area contributed by atoms with Gasteiger partial charge in [0.25, 0.3) is 0 Å². The van der Waals surface area contributed by atoms with E-state index in [0.717, 1.165) is 22.4 Å². The highest BCUT2D eigenvalue weighted by atomic mass is 35.5. The maximum Gasteiger partial charge on any atom is 0.161 e. The molecular formula is C29H23ClN2. The first-order valence-electron chi connectivity index (χ1n) is 10.4. The van der Waals surface area contributed by atoms with Gasteiger partial charge in [-0.05, 0) is 28.8 Å². The van der Waals surface area contributed by atoms with Crippen LogP contribution < -0.4 is 0 Å². The Morgan fingerprint density at radius 3 is 2.06 bits per heavy atom. The summed E-state index contributed by atoms with van der Waals surface area (Å²) in [5.41, 5.74) is 5.15. The molecule has 1 heterocycles. The molecule has 156 valence electrons. The van der Waals surface area contributed by atoms with Crippen molar-refractivity contribution in [2.24, 2.45) is 0 Å². The summed E-state index contributed by atoms with van der Waals surface area (Å²) >= 11 is 6.29. The van der Waals surface area contributed by atoms with Crippen molar-refractivity contribution in [2.75, 3.05) is 0 Å². The molecule has 0 unspecified atom stereocenters. The van der Waals surface area contributed by atoms with Crippen molar-refractivity contribution in [3.63, 3.8) is 0 Å². The van der Waals surface area contributed by atoms with Crippen molar-refractivity contribution in [2.45, 2.75) is 6.92 Å². The van der Waals surface area contributed by atoms with Gasteiger partial charge in [-0.1, -0.05) is 115 Å². The van der Waals surface area contributed by atoms with Crippen LogP contribution in [0.5, 0.6) is 0 Å². The van der Waals surface area contributed by atoms with Gasteiger partial charge >= 0.3 is 0 Å². The van der Waals surface area contributed by atoms with Crippen molar-refractivity contribution in [3.8, 4) is 33.8 Å². The summed E-state index contributed by atoms with van der Waals surface area (Å²) < 4.78 is 0. The molecule has 0 atom stereocenters. The summed E-state index contributed by atoms with van der Waals surface area (Å²) in [6.45, 7) is 5.25. The second kappa shape index (κ2) is 10.0. The lowest BCUT2D eigenvalue weighted by Gasteiger charge is -2.09. The third-order valence-corrected chi connectivity index (χ3v) is 5.20. The topological polar surface area (TPSA) is 25.8 Å². The molecule has 32 heavy (non-hydrogen) atoms. The monoisotopic (exact) mass is 434 g/mol. The summed E-state index contributed by atoms with van der Waals surface area (Å²) in [7, 11) is 0. The molecule has 0 saturated carbocycles. The lowest BCUT2D eigenvalue weighted by Crippen LogP contribution is -1.93. The molecule has 0 aliphatic heterocycles. The minimum absolute atomic E-state index is 0.437. The van der Waals surface area contributed by atoms with Crippen molar-refractivity contribution >= 4 is 22.4 Å². The molecule has 0 aliphatic rings. The highest BCUT2D eigenvalue weighted by Gasteiger charge is 2.09. The molecule has 0 amide bonds. The first kappa shape index (κ1) is 21.5. The number of allylic oxidation sites excluding steroid dienone is 1. The van der Waals surface area contributed by atoms with Crippen LogP contribution in [0.4, 0.5) is 0 Å². The number of halogens is 1. The number of nitrogens with zero attached hydrogens (tertiary/aromatic N) is 2. The van der Waals surface area contributed by atoms with Gasteiger partial charge in [-0.2, -0.15) is 0 Å². The molecular weight excluding hydrogens is 412 g/mol. The minimum Gasteiger partial charge on any atom is -0.228 e. The fourth-order valence-corrected chi connectivity index (χ4v) is 3.76. The van der Waals surface area contributed by atoms with Crippen molar-refractivity contribution < 1.29 is 0 Å². The number of hydrogen-bond acceptors (Lipinski definition) is 2. The van der Waals surface area contributed by atoms with E-state index >= 15 is 0 Å². The Morgan fingerprint density at radius 1 is 0.688 bits per heavy atom. The van der Waals surface area contributed by atoms with E-state index in [1.165, 1.54) is 16.3 Å². The van der Waals surface area contributed by atoms with Gasteiger partial charge in [0.2, 0.25) is 0 Å². The van der Waals surface area contributed by atoms with E-state index in [-0.39, 0.29) is 0 Å². The molecule has 1 aromatic heterocycles. The van der Waals surface area contributed by atoms with Gasteiger partial charge in [0.05, 0.1) is 5.69 Å². The number of fused-ring (bicyclic) bond motifs is 1. The normalized spacial score (nSPS) is 10.3. The van der Waals surface area contributed by atoms with Crippen LogP contribution in [-0.4, -0.2) is 9.97 Å². The van der Waals surface area contributed by atoms with Crippen molar-refractivity contribution in [3.05, 3.63) is 121 Å². The van der Waals surface area contributed by atoms with Crippen LogP contribution in [0.15, 0.2) is 116 Å². The molecule has 0 radical (unpaired) electrons. The van der Waals surface area contributed by atoms with Gasteiger partial charge in [0, 0.05) is 17.2 Å². The predicted molar refractivity (Wildman–Crippen MR) is 137 cm³/mol. The molecule has 2 nitrogen and oxygen atoms in total. The van der Waals surface area contributed by atoms with Crippen LogP contribution in [0, 0.1) is 0 Å². The predicted octanol–water partition coefficient (Wildman–Crippen LogP) is 8.48. The van der Waals surface area contributed by atoms with Crippen LogP contribution in [0.2, 0.25) is 5.15 Å². The quantitative estimate of drug-likeness (QED) is 0.210.